The van der Waals surface area contributed by atoms with E-state index in [0.717, 1.165) is 0 Å². The van der Waals surface area contributed by atoms with Gasteiger partial charge < -0.3 is 15.4 Å². The average molecular weight is 313 g/mol. The molecule has 1 aliphatic heterocycles. The van der Waals surface area contributed by atoms with Crippen molar-refractivity contribution in [1.29, 1.82) is 0 Å². The Labute approximate surface area is 121 Å². The first-order valence-corrected chi connectivity index (χ1v) is 7.67. The lowest BCUT2D eigenvalue weighted by atomic mass is 10.2. The molecule has 1 unspecified atom stereocenters. The van der Waals surface area contributed by atoms with E-state index < -0.39 is 22.0 Å². The second-order valence-electron chi connectivity index (χ2n) is 4.56. The first kappa shape index (κ1) is 15.3. The number of hydrogen-bond donors (Lipinski definition) is 3. The van der Waals surface area contributed by atoms with Crippen molar-refractivity contribution in [2.24, 2.45) is 5.14 Å². The monoisotopic (exact) mass is 313 g/mol. The third-order valence-electron chi connectivity index (χ3n) is 3.05. The van der Waals surface area contributed by atoms with E-state index in [2.05, 4.69) is 10.6 Å². The van der Waals surface area contributed by atoms with Crippen LogP contribution in [-0.2, 0) is 19.6 Å². The van der Waals surface area contributed by atoms with Gasteiger partial charge in [-0.3, -0.25) is 9.59 Å². The molecule has 0 radical (unpaired) electrons. The van der Waals surface area contributed by atoms with Crippen molar-refractivity contribution in [3.8, 4) is 5.75 Å². The molecule has 0 saturated carbocycles. The van der Waals surface area contributed by atoms with E-state index in [1.165, 1.54) is 25.3 Å². The van der Waals surface area contributed by atoms with Gasteiger partial charge in [0.1, 0.15) is 16.7 Å². The molecule has 1 aromatic rings. The van der Waals surface area contributed by atoms with Crippen LogP contribution >= 0.6 is 0 Å². The van der Waals surface area contributed by atoms with Crippen molar-refractivity contribution < 1.29 is 22.7 Å². The maximum absolute atomic E-state index is 11.9. The van der Waals surface area contributed by atoms with Gasteiger partial charge in [0.25, 0.3) is 0 Å². The summed E-state index contributed by atoms with van der Waals surface area (Å²) in [5.74, 6) is -0.508. The maximum atomic E-state index is 11.9. The number of amides is 2. The molecule has 0 bridgehead atoms. The van der Waals surface area contributed by atoms with Crippen LogP contribution in [-0.4, -0.2) is 33.4 Å². The van der Waals surface area contributed by atoms with Gasteiger partial charge in [-0.2, -0.15) is 0 Å². The van der Waals surface area contributed by atoms with Gasteiger partial charge in [-0.25, -0.2) is 13.6 Å². The van der Waals surface area contributed by atoms with E-state index in [9.17, 15) is 18.0 Å². The summed E-state index contributed by atoms with van der Waals surface area (Å²) in [6, 6.07) is 3.48. The van der Waals surface area contributed by atoms with Crippen molar-refractivity contribution >= 4 is 27.5 Å². The standard InChI is InChI=1S/C12H15N3O5S/c1-20-9-4-2-7(6-10(9)21(13,18)19)14-12(17)8-3-5-11(16)15-8/h2,4,6,8H,3,5H2,1H3,(H,14,17)(H,15,16)(H2,13,18,19). The molecule has 1 aliphatic rings. The summed E-state index contributed by atoms with van der Waals surface area (Å²) in [5.41, 5.74) is 0.256. The second-order valence-corrected chi connectivity index (χ2v) is 6.09. The summed E-state index contributed by atoms with van der Waals surface area (Å²) >= 11 is 0. The summed E-state index contributed by atoms with van der Waals surface area (Å²) in [6.45, 7) is 0. The topological polar surface area (TPSA) is 128 Å². The molecule has 0 aromatic heterocycles. The van der Waals surface area contributed by atoms with Gasteiger partial charge >= 0.3 is 0 Å². The van der Waals surface area contributed by atoms with E-state index in [1.807, 2.05) is 0 Å². The molecule has 21 heavy (non-hydrogen) atoms. The van der Waals surface area contributed by atoms with Crippen molar-refractivity contribution in [2.45, 2.75) is 23.8 Å². The number of primary sulfonamides is 1. The smallest absolute Gasteiger partial charge is 0.246 e. The maximum Gasteiger partial charge on any atom is 0.246 e. The van der Waals surface area contributed by atoms with Gasteiger partial charge in [0.15, 0.2) is 0 Å². The third kappa shape index (κ3) is 3.50. The summed E-state index contributed by atoms with van der Waals surface area (Å²) in [7, 11) is -2.66. The minimum absolute atomic E-state index is 0.0877. The SMILES string of the molecule is COc1ccc(NC(=O)C2CCC(=O)N2)cc1S(N)(=O)=O. The Morgan fingerprint density at radius 2 is 2.19 bits per heavy atom. The molecular weight excluding hydrogens is 298 g/mol. The van der Waals surface area contributed by atoms with Crippen LogP contribution in [0.1, 0.15) is 12.8 Å². The Kier molecular flexibility index (Phi) is 4.14. The number of methoxy groups -OCH3 is 1. The number of sulfonamides is 1. The lowest BCUT2D eigenvalue weighted by molar-refractivity contribution is -0.122. The Morgan fingerprint density at radius 1 is 1.48 bits per heavy atom. The quantitative estimate of drug-likeness (QED) is 0.694. The first-order valence-electron chi connectivity index (χ1n) is 6.12. The van der Waals surface area contributed by atoms with E-state index in [-0.39, 0.29) is 22.2 Å². The Morgan fingerprint density at radius 3 is 2.71 bits per heavy atom. The Balaban J connectivity index is 2.21. The zero-order chi connectivity index (χ0) is 15.6. The highest BCUT2D eigenvalue weighted by atomic mass is 32.2. The molecule has 1 saturated heterocycles. The number of hydrogen-bond acceptors (Lipinski definition) is 5. The molecule has 2 amide bonds. The number of nitrogens with two attached hydrogens (primary N) is 1. The van der Waals surface area contributed by atoms with Gasteiger partial charge in [-0.1, -0.05) is 0 Å². The first-order chi connectivity index (χ1) is 9.81. The number of ether oxygens (including phenoxy) is 1. The Hall–Kier alpha value is -2.13. The fraction of sp³-hybridized carbons (Fsp3) is 0.333. The van der Waals surface area contributed by atoms with Crippen LogP contribution < -0.4 is 20.5 Å². The van der Waals surface area contributed by atoms with Crippen LogP contribution in [0.25, 0.3) is 0 Å². The zero-order valence-electron chi connectivity index (χ0n) is 11.3. The molecule has 1 aromatic carbocycles. The van der Waals surface area contributed by atoms with Crippen LogP contribution in [0.15, 0.2) is 23.1 Å². The van der Waals surface area contributed by atoms with E-state index in [1.54, 1.807) is 0 Å². The van der Waals surface area contributed by atoms with Crippen molar-refractivity contribution in [2.75, 3.05) is 12.4 Å². The fourth-order valence-electron chi connectivity index (χ4n) is 2.02. The van der Waals surface area contributed by atoms with Crippen LogP contribution in [0.4, 0.5) is 5.69 Å². The summed E-state index contributed by atoms with van der Waals surface area (Å²) in [5, 5.41) is 10.2. The van der Waals surface area contributed by atoms with Crippen molar-refractivity contribution in [1.82, 2.24) is 5.32 Å². The van der Waals surface area contributed by atoms with E-state index >= 15 is 0 Å². The molecule has 4 N–H and O–H groups in total. The van der Waals surface area contributed by atoms with Crippen LogP contribution in [0.2, 0.25) is 0 Å². The number of benzene rings is 1. The predicted molar refractivity (Wildman–Crippen MR) is 74.2 cm³/mol. The van der Waals surface area contributed by atoms with Gasteiger partial charge in [0.05, 0.1) is 7.11 Å². The van der Waals surface area contributed by atoms with Crippen LogP contribution in [0.5, 0.6) is 5.75 Å². The predicted octanol–water partition coefficient (Wildman–Crippen LogP) is -0.440. The van der Waals surface area contributed by atoms with Crippen molar-refractivity contribution in [3.63, 3.8) is 0 Å². The number of carbonyl (C=O) groups is 2. The minimum Gasteiger partial charge on any atom is -0.495 e. The molecule has 8 nitrogen and oxygen atoms in total. The van der Waals surface area contributed by atoms with Gasteiger partial charge in [-0.15, -0.1) is 0 Å². The van der Waals surface area contributed by atoms with Crippen molar-refractivity contribution in [3.05, 3.63) is 18.2 Å². The summed E-state index contributed by atoms with van der Waals surface area (Å²) in [6.07, 6.45) is 0.700. The van der Waals surface area contributed by atoms with E-state index in [4.69, 9.17) is 9.88 Å². The fourth-order valence-corrected chi connectivity index (χ4v) is 2.74. The molecule has 0 spiro atoms. The van der Waals surface area contributed by atoms with Gasteiger partial charge in [0, 0.05) is 12.1 Å². The molecule has 1 atom stereocenters. The van der Waals surface area contributed by atoms with Gasteiger partial charge in [0.2, 0.25) is 21.8 Å². The second kappa shape index (κ2) is 5.70. The molecule has 1 heterocycles. The number of rotatable bonds is 4. The molecule has 114 valence electrons. The number of anilines is 1. The number of nitrogens with one attached hydrogen (secondary N) is 2. The zero-order valence-corrected chi connectivity index (χ0v) is 12.1. The summed E-state index contributed by atoms with van der Waals surface area (Å²) < 4.78 is 27.9. The lowest BCUT2D eigenvalue weighted by Crippen LogP contribution is -2.37. The molecule has 0 aliphatic carbocycles. The molecule has 1 fully saturated rings. The Bertz CT molecular complexity index is 686. The van der Waals surface area contributed by atoms with Crippen LogP contribution in [0.3, 0.4) is 0 Å². The van der Waals surface area contributed by atoms with E-state index in [0.29, 0.717) is 12.8 Å². The molecule has 9 heteroatoms. The highest BCUT2D eigenvalue weighted by Gasteiger charge is 2.27. The highest BCUT2D eigenvalue weighted by molar-refractivity contribution is 7.89. The van der Waals surface area contributed by atoms with Gasteiger partial charge in [-0.05, 0) is 24.6 Å². The largest absolute Gasteiger partial charge is 0.495 e. The molecular formula is C12H15N3O5S. The highest BCUT2D eigenvalue weighted by Crippen LogP contribution is 2.26. The normalized spacial score (nSPS) is 18.2. The minimum atomic E-state index is -3.98. The van der Waals surface area contributed by atoms with Crippen LogP contribution in [0, 0.1) is 0 Å². The summed E-state index contributed by atoms with van der Waals surface area (Å²) in [4.78, 5) is 22.8. The number of carbonyl (C=O) groups excluding carboxylic acids is 2. The average Bonchev–Trinajstić information content (AvgIpc) is 2.84. The lowest BCUT2D eigenvalue weighted by Gasteiger charge is -2.13. The third-order valence-corrected chi connectivity index (χ3v) is 3.98. The molecule has 2 rings (SSSR count).